The Bertz CT molecular complexity index is 893. The van der Waals surface area contributed by atoms with Gasteiger partial charge in [-0.3, -0.25) is 4.79 Å². The van der Waals surface area contributed by atoms with Gasteiger partial charge in [0.05, 0.1) is 6.21 Å². The molecule has 0 aliphatic rings. The highest BCUT2D eigenvalue weighted by Gasteiger charge is 2.03. The number of hydrogen-bond donors (Lipinski definition) is 1. The number of amides is 1. The third-order valence-electron chi connectivity index (χ3n) is 3.59. The summed E-state index contributed by atoms with van der Waals surface area (Å²) in [5, 5.41) is 4.47. The molecule has 3 rings (SSSR count). The van der Waals surface area contributed by atoms with Crippen LogP contribution < -0.4 is 10.2 Å². The Hall–Kier alpha value is -3.11. The van der Waals surface area contributed by atoms with Crippen LogP contribution in [0.3, 0.4) is 0 Å². The molecule has 0 saturated heterocycles. The molecule has 0 bridgehead atoms. The van der Waals surface area contributed by atoms with Gasteiger partial charge in [0.1, 0.15) is 12.4 Å². The molecule has 0 radical (unpaired) electrons. The van der Waals surface area contributed by atoms with Crippen LogP contribution in [0.5, 0.6) is 5.75 Å². The number of carbonyl (C=O) groups excluding carboxylic acids is 1. The molecule has 0 aliphatic carbocycles. The van der Waals surface area contributed by atoms with Gasteiger partial charge >= 0.3 is 0 Å². The summed E-state index contributed by atoms with van der Waals surface area (Å²) in [5.74, 6) is 0.459. The number of nitrogens with zero attached hydrogens (tertiary/aromatic N) is 1. The summed E-state index contributed by atoms with van der Waals surface area (Å²) < 4.78 is 5.73. The van der Waals surface area contributed by atoms with Gasteiger partial charge in [0.15, 0.2) is 0 Å². The van der Waals surface area contributed by atoms with Crippen molar-refractivity contribution >= 4 is 23.7 Å². The maximum Gasteiger partial charge on any atom is 0.271 e. The van der Waals surface area contributed by atoms with E-state index in [1.165, 1.54) is 0 Å². The first-order chi connectivity index (χ1) is 12.7. The first-order valence-corrected chi connectivity index (χ1v) is 8.44. The van der Waals surface area contributed by atoms with Crippen LogP contribution in [0.2, 0.25) is 5.02 Å². The van der Waals surface area contributed by atoms with Crippen LogP contribution in [0.15, 0.2) is 84.0 Å². The van der Waals surface area contributed by atoms with E-state index >= 15 is 0 Å². The predicted octanol–water partition coefficient (Wildman–Crippen LogP) is 4.68. The second kappa shape index (κ2) is 8.83. The Balaban J connectivity index is 1.52. The number of halogens is 1. The second-order valence-corrected chi connectivity index (χ2v) is 5.99. The van der Waals surface area contributed by atoms with Crippen LogP contribution in [-0.2, 0) is 6.61 Å². The molecule has 0 saturated carbocycles. The molecule has 0 aliphatic heterocycles. The first-order valence-electron chi connectivity index (χ1n) is 8.06. The van der Waals surface area contributed by atoms with Gasteiger partial charge in [0.2, 0.25) is 0 Å². The Morgan fingerprint density at radius 2 is 1.77 bits per heavy atom. The molecule has 4 nitrogen and oxygen atoms in total. The molecule has 0 atom stereocenters. The van der Waals surface area contributed by atoms with E-state index in [-0.39, 0.29) is 5.91 Å². The maximum atomic E-state index is 12.0. The van der Waals surface area contributed by atoms with Gasteiger partial charge in [-0.2, -0.15) is 5.10 Å². The van der Waals surface area contributed by atoms with Crippen LogP contribution in [-0.4, -0.2) is 12.1 Å². The molecule has 3 aromatic carbocycles. The molecule has 3 aromatic rings. The molecule has 0 unspecified atom stereocenters. The van der Waals surface area contributed by atoms with E-state index in [0.29, 0.717) is 17.2 Å². The molecule has 1 amide bonds. The SMILES string of the molecule is O=C(N/N=C\c1ccc(OCc2ccccc2)cc1)c1cccc(Cl)c1. The standard InChI is InChI=1S/C21H17ClN2O2/c22-19-8-4-7-18(13-19)21(25)24-23-14-16-9-11-20(12-10-16)26-15-17-5-2-1-3-6-17/h1-14H,15H2,(H,24,25)/b23-14-. The molecule has 0 fully saturated rings. The Morgan fingerprint density at radius 3 is 2.50 bits per heavy atom. The molecule has 0 spiro atoms. The smallest absolute Gasteiger partial charge is 0.271 e. The second-order valence-electron chi connectivity index (χ2n) is 5.55. The van der Waals surface area contributed by atoms with E-state index in [1.54, 1.807) is 30.5 Å². The van der Waals surface area contributed by atoms with Crippen LogP contribution in [0.4, 0.5) is 0 Å². The lowest BCUT2D eigenvalue weighted by atomic mass is 10.2. The molecule has 26 heavy (non-hydrogen) atoms. The number of rotatable bonds is 6. The van der Waals surface area contributed by atoms with Crippen molar-refractivity contribution in [1.29, 1.82) is 0 Å². The minimum absolute atomic E-state index is 0.313. The average molecular weight is 365 g/mol. The van der Waals surface area contributed by atoms with E-state index in [2.05, 4.69) is 10.5 Å². The minimum atomic E-state index is -0.313. The fraction of sp³-hybridized carbons (Fsp3) is 0.0476. The lowest BCUT2D eigenvalue weighted by Gasteiger charge is -2.06. The van der Waals surface area contributed by atoms with E-state index in [4.69, 9.17) is 16.3 Å². The third-order valence-corrected chi connectivity index (χ3v) is 3.83. The van der Waals surface area contributed by atoms with E-state index in [9.17, 15) is 4.79 Å². The molecule has 0 heterocycles. The first kappa shape index (κ1) is 17.7. The predicted molar refractivity (Wildman–Crippen MR) is 104 cm³/mol. The summed E-state index contributed by atoms with van der Waals surface area (Å²) >= 11 is 5.87. The highest BCUT2D eigenvalue weighted by molar-refractivity contribution is 6.30. The number of benzene rings is 3. The van der Waals surface area contributed by atoms with Crippen LogP contribution >= 0.6 is 11.6 Å². The van der Waals surface area contributed by atoms with Crippen molar-refractivity contribution in [2.45, 2.75) is 6.61 Å². The zero-order valence-corrected chi connectivity index (χ0v) is 14.7. The van der Waals surface area contributed by atoms with E-state index in [0.717, 1.165) is 16.9 Å². The minimum Gasteiger partial charge on any atom is -0.489 e. The lowest BCUT2D eigenvalue weighted by Crippen LogP contribution is -2.17. The van der Waals surface area contributed by atoms with Crippen molar-refractivity contribution in [2.75, 3.05) is 0 Å². The van der Waals surface area contributed by atoms with Gasteiger partial charge in [-0.05, 0) is 53.6 Å². The molecular formula is C21H17ClN2O2. The van der Waals surface area contributed by atoms with Crippen molar-refractivity contribution in [1.82, 2.24) is 5.43 Å². The molecule has 5 heteroatoms. The van der Waals surface area contributed by atoms with Crippen LogP contribution in [0.1, 0.15) is 21.5 Å². The van der Waals surface area contributed by atoms with E-state index < -0.39 is 0 Å². The molecule has 0 aromatic heterocycles. The topological polar surface area (TPSA) is 50.7 Å². The van der Waals surface area contributed by atoms with Gasteiger partial charge in [0, 0.05) is 10.6 Å². The van der Waals surface area contributed by atoms with Crippen molar-refractivity contribution in [2.24, 2.45) is 5.10 Å². The number of ether oxygens (including phenoxy) is 1. The third kappa shape index (κ3) is 5.19. The van der Waals surface area contributed by atoms with Gasteiger partial charge in [-0.15, -0.1) is 0 Å². The highest BCUT2D eigenvalue weighted by atomic mass is 35.5. The lowest BCUT2D eigenvalue weighted by molar-refractivity contribution is 0.0955. The van der Waals surface area contributed by atoms with Crippen molar-refractivity contribution in [3.63, 3.8) is 0 Å². The summed E-state index contributed by atoms with van der Waals surface area (Å²) in [6, 6.07) is 24.1. The zero-order valence-electron chi connectivity index (χ0n) is 13.9. The average Bonchev–Trinajstić information content (AvgIpc) is 2.68. The summed E-state index contributed by atoms with van der Waals surface area (Å²) in [7, 11) is 0. The fourth-order valence-electron chi connectivity index (χ4n) is 2.25. The number of nitrogens with one attached hydrogen (secondary N) is 1. The summed E-state index contributed by atoms with van der Waals surface area (Å²) in [5.41, 5.74) is 4.90. The Kier molecular flexibility index (Phi) is 6.01. The van der Waals surface area contributed by atoms with Gasteiger partial charge in [-0.1, -0.05) is 48.0 Å². The summed E-state index contributed by atoms with van der Waals surface area (Å²) in [6.45, 7) is 0.518. The Labute approximate surface area is 157 Å². The van der Waals surface area contributed by atoms with E-state index in [1.807, 2.05) is 54.6 Å². The largest absolute Gasteiger partial charge is 0.489 e. The van der Waals surface area contributed by atoms with Crippen molar-refractivity contribution in [3.05, 3.63) is 101 Å². The van der Waals surface area contributed by atoms with Gasteiger partial charge in [-0.25, -0.2) is 5.43 Å². The monoisotopic (exact) mass is 364 g/mol. The molecule has 1 N–H and O–H groups in total. The highest BCUT2D eigenvalue weighted by Crippen LogP contribution is 2.13. The molecular weight excluding hydrogens is 348 g/mol. The summed E-state index contributed by atoms with van der Waals surface area (Å²) in [4.78, 5) is 12.0. The number of carbonyl (C=O) groups is 1. The van der Waals surface area contributed by atoms with Gasteiger partial charge in [0.25, 0.3) is 5.91 Å². The summed E-state index contributed by atoms with van der Waals surface area (Å²) in [6.07, 6.45) is 1.57. The fourth-order valence-corrected chi connectivity index (χ4v) is 2.44. The Morgan fingerprint density at radius 1 is 1.00 bits per heavy atom. The van der Waals surface area contributed by atoms with Crippen LogP contribution in [0.25, 0.3) is 0 Å². The van der Waals surface area contributed by atoms with Crippen molar-refractivity contribution < 1.29 is 9.53 Å². The quantitative estimate of drug-likeness (QED) is 0.510. The van der Waals surface area contributed by atoms with Gasteiger partial charge < -0.3 is 4.74 Å². The van der Waals surface area contributed by atoms with Crippen LogP contribution in [0, 0.1) is 0 Å². The maximum absolute atomic E-state index is 12.0. The zero-order chi connectivity index (χ0) is 18.2. The normalized spacial score (nSPS) is 10.7. The van der Waals surface area contributed by atoms with Crippen molar-refractivity contribution in [3.8, 4) is 5.75 Å². The molecule has 130 valence electrons. The number of hydrazone groups is 1. The number of hydrogen-bond acceptors (Lipinski definition) is 3.